The third kappa shape index (κ3) is 4.58. The van der Waals surface area contributed by atoms with Gasteiger partial charge >= 0.3 is 11.7 Å². The maximum absolute atomic E-state index is 11.2. The second-order valence-corrected chi connectivity index (χ2v) is 6.07. The van der Waals surface area contributed by atoms with Gasteiger partial charge in [-0.05, 0) is 24.5 Å². The number of methoxy groups -OCH3 is 1. The lowest BCUT2D eigenvalue weighted by Crippen LogP contribution is -2.44. The Bertz CT molecular complexity index is 606. The van der Waals surface area contributed by atoms with Crippen molar-refractivity contribution in [2.45, 2.75) is 13.3 Å². The van der Waals surface area contributed by atoms with Gasteiger partial charge in [0.1, 0.15) is 12.4 Å². The highest BCUT2D eigenvalue weighted by atomic mass is 16.6. The highest BCUT2D eigenvalue weighted by molar-refractivity contribution is 5.70. The van der Waals surface area contributed by atoms with Crippen LogP contribution in [0.1, 0.15) is 13.3 Å². The number of benzene rings is 1. The summed E-state index contributed by atoms with van der Waals surface area (Å²) in [5.74, 6) is -0.277. The van der Waals surface area contributed by atoms with E-state index in [9.17, 15) is 20.0 Å². The minimum absolute atomic E-state index is 0.148. The van der Waals surface area contributed by atoms with E-state index >= 15 is 0 Å². The van der Waals surface area contributed by atoms with Crippen molar-refractivity contribution in [3.05, 3.63) is 28.3 Å². The van der Waals surface area contributed by atoms with Gasteiger partial charge in [-0.25, -0.2) is 0 Å². The van der Waals surface area contributed by atoms with Gasteiger partial charge in [-0.15, -0.1) is 0 Å². The molecule has 1 fully saturated rings. The molecule has 1 aliphatic heterocycles. The van der Waals surface area contributed by atoms with E-state index in [0.717, 1.165) is 6.54 Å². The Morgan fingerprint density at radius 1 is 1.46 bits per heavy atom. The molecule has 0 amide bonds. The second-order valence-electron chi connectivity index (χ2n) is 6.07. The normalized spacial score (nSPS) is 21.2. The van der Waals surface area contributed by atoms with Crippen LogP contribution < -0.4 is 9.47 Å². The standard InChI is InChI=1S/C16H22N2O6/c1-11-7-12(16(19)20)10-17(9-11)5-6-24-15-4-3-13(23-2)8-14(15)18(21)22/h3-4,8,11-12H,5-7,9-10H2,1-2H3,(H,19,20). The summed E-state index contributed by atoms with van der Waals surface area (Å²) in [5, 5.41) is 20.3. The number of ether oxygens (including phenoxy) is 2. The fraction of sp³-hybridized carbons (Fsp3) is 0.562. The van der Waals surface area contributed by atoms with Crippen LogP contribution in [0.2, 0.25) is 0 Å². The molecule has 24 heavy (non-hydrogen) atoms. The summed E-state index contributed by atoms with van der Waals surface area (Å²) in [5.41, 5.74) is -0.148. The first-order valence-corrected chi connectivity index (χ1v) is 7.81. The van der Waals surface area contributed by atoms with Gasteiger partial charge in [-0.3, -0.25) is 19.8 Å². The number of carbonyl (C=O) groups is 1. The molecule has 2 atom stereocenters. The van der Waals surface area contributed by atoms with Crippen LogP contribution in [0.4, 0.5) is 5.69 Å². The molecule has 132 valence electrons. The molecular weight excluding hydrogens is 316 g/mol. The third-order valence-electron chi connectivity index (χ3n) is 4.11. The summed E-state index contributed by atoms with van der Waals surface area (Å²) in [4.78, 5) is 23.8. The molecule has 1 heterocycles. The molecule has 0 bridgehead atoms. The predicted molar refractivity (Wildman–Crippen MR) is 86.5 cm³/mol. The van der Waals surface area contributed by atoms with E-state index in [0.29, 0.717) is 31.2 Å². The summed E-state index contributed by atoms with van der Waals surface area (Å²) in [6.07, 6.45) is 0.677. The van der Waals surface area contributed by atoms with Gasteiger partial charge < -0.3 is 14.6 Å². The van der Waals surface area contributed by atoms with E-state index in [-0.39, 0.29) is 24.0 Å². The number of piperidine rings is 1. The number of rotatable bonds is 7. The van der Waals surface area contributed by atoms with Crippen molar-refractivity contribution >= 4 is 11.7 Å². The second kappa shape index (κ2) is 7.96. The average Bonchev–Trinajstić information content (AvgIpc) is 2.54. The van der Waals surface area contributed by atoms with Gasteiger partial charge in [0, 0.05) is 19.6 Å². The lowest BCUT2D eigenvalue weighted by molar-refractivity contribution is -0.385. The summed E-state index contributed by atoms with van der Waals surface area (Å²) >= 11 is 0. The van der Waals surface area contributed by atoms with Crippen molar-refractivity contribution in [3.63, 3.8) is 0 Å². The Hall–Kier alpha value is -2.35. The number of nitro groups is 1. The zero-order valence-corrected chi connectivity index (χ0v) is 13.8. The number of nitro benzene ring substituents is 1. The number of carboxylic acid groups (broad SMARTS) is 1. The first kappa shape index (κ1) is 18.0. The van der Waals surface area contributed by atoms with Crippen LogP contribution in [0.25, 0.3) is 0 Å². The highest BCUT2D eigenvalue weighted by Crippen LogP contribution is 2.31. The SMILES string of the molecule is COc1ccc(OCCN2CC(C)CC(C(=O)O)C2)c([N+](=O)[O-])c1. The number of carboxylic acids is 1. The van der Waals surface area contributed by atoms with E-state index in [1.807, 2.05) is 11.8 Å². The fourth-order valence-electron chi connectivity index (χ4n) is 3.00. The van der Waals surface area contributed by atoms with Crippen molar-refractivity contribution in [2.24, 2.45) is 11.8 Å². The molecule has 1 N–H and O–H groups in total. The van der Waals surface area contributed by atoms with Crippen LogP contribution in [-0.4, -0.2) is 54.3 Å². The van der Waals surface area contributed by atoms with Crippen molar-refractivity contribution in [3.8, 4) is 11.5 Å². The fourth-order valence-corrected chi connectivity index (χ4v) is 3.00. The minimum atomic E-state index is -0.779. The summed E-state index contributed by atoms with van der Waals surface area (Å²) in [7, 11) is 1.44. The van der Waals surface area contributed by atoms with E-state index < -0.39 is 10.9 Å². The van der Waals surface area contributed by atoms with Crippen LogP contribution in [0.15, 0.2) is 18.2 Å². The van der Waals surface area contributed by atoms with Crippen LogP contribution in [0.5, 0.6) is 11.5 Å². The molecule has 0 radical (unpaired) electrons. The molecule has 2 unspecified atom stereocenters. The molecule has 0 spiro atoms. The monoisotopic (exact) mass is 338 g/mol. The summed E-state index contributed by atoms with van der Waals surface area (Å²) < 4.78 is 10.5. The van der Waals surface area contributed by atoms with Crippen molar-refractivity contribution in [2.75, 3.05) is 33.4 Å². The Morgan fingerprint density at radius 3 is 2.83 bits per heavy atom. The van der Waals surface area contributed by atoms with Gasteiger partial charge in [0.15, 0.2) is 5.75 Å². The Balaban J connectivity index is 1.94. The molecule has 0 aromatic heterocycles. The smallest absolute Gasteiger partial charge is 0.314 e. The molecular formula is C16H22N2O6. The average molecular weight is 338 g/mol. The molecule has 1 aromatic carbocycles. The van der Waals surface area contributed by atoms with Gasteiger partial charge in [0.25, 0.3) is 0 Å². The number of likely N-dealkylation sites (tertiary alicyclic amines) is 1. The molecule has 8 heteroatoms. The largest absolute Gasteiger partial charge is 0.496 e. The summed E-state index contributed by atoms with van der Waals surface area (Å²) in [6.45, 7) is 4.09. The zero-order chi connectivity index (χ0) is 17.7. The molecule has 1 aromatic rings. The molecule has 8 nitrogen and oxygen atoms in total. The van der Waals surface area contributed by atoms with Gasteiger partial charge in [0.05, 0.1) is 24.0 Å². The maximum atomic E-state index is 11.2. The van der Waals surface area contributed by atoms with Crippen molar-refractivity contribution < 1.29 is 24.3 Å². The quantitative estimate of drug-likeness (QED) is 0.599. The van der Waals surface area contributed by atoms with E-state index in [4.69, 9.17) is 9.47 Å². The molecule has 0 saturated carbocycles. The molecule has 0 aliphatic carbocycles. The Kier molecular flexibility index (Phi) is 5.97. The number of hydrogen-bond acceptors (Lipinski definition) is 6. The van der Waals surface area contributed by atoms with E-state index in [1.165, 1.54) is 19.2 Å². The van der Waals surface area contributed by atoms with Crippen LogP contribution >= 0.6 is 0 Å². The van der Waals surface area contributed by atoms with E-state index in [2.05, 4.69) is 0 Å². The lowest BCUT2D eigenvalue weighted by Gasteiger charge is -2.34. The van der Waals surface area contributed by atoms with Crippen molar-refractivity contribution in [1.82, 2.24) is 4.90 Å². The zero-order valence-electron chi connectivity index (χ0n) is 13.8. The molecule has 1 saturated heterocycles. The van der Waals surface area contributed by atoms with Crippen LogP contribution in [-0.2, 0) is 4.79 Å². The van der Waals surface area contributed by atoms with Gasteiger partial charge in [-0.2, -0.15) is 0 Å². The molecule has 1 aliphatic rings. The lowest BCUT2D eigenvalue weighted by atomic mass is 9.90. The maximum Gasteiger partial charge on any atom is 0.314 e. The third-order valence-corrected chi connectivity index (χ3v) is 4.11. The number of hydrogen-bond donors (Lipinski definition) is 1. The van der Waals surface area contributed by atoms with Gasteiger partial charge in [-0.1, -0.05) is 6.92 Å². The van der Waals surface area contributed by atoms with Gasteiger partial charge in [0.2, 0.25) is 0 Å². The number of aliphatic carboxylic acids is 1. The Morgan fingerprint density at radius 2 is 2.21 bits per heavy atom. The highest BCUT2D eigenvalue weighted by Gasteiger charge is 2.29. The summed E-state index contributed by atoms with van der Waals surface area (Å²) in [6, 6.07) is 4.43. The van der Waals surface area contributed by atoms with Crippen molar-refractivity contribution in [1.29, 1.82) is 0 Å². The first-order chi connectivity index (χ1) is 11.4. The first-order valence-electron chi connectivity index (χ1n) is 7.81. The van der Waals surface area contributed by atoms with Crippen LogP contribution in [0.3, 0.4) is 0 Å². The van der Waals surface area contributed by atoms with E-state index in [1.54, 1.807) is 6.07 Å². The molecule has 2 rings (SSSR count). The minimum Gasteiger partial charge on any atom is -0.496 e. The Labute approximate surface area is 140 Å². The number of nitrogens with zero attached hydrogens (tertiary/aromatic N) is 2. The van der Waals surface area contributed by atoms with Crippen LogP contribution in [0, 0.1) is 22.0 Å². The topological polar surface area (TPSA) is 102 Å². The predicted octanol–water partition coefficient (Wildman–Crippen LogP) is 2.02.